The number of ether oxygens (including phenoxy) is 2. The quantitative estimate of drug-likeness (QED) is 0.408. The second kappa shape index (κ2) is 9.47. The van der Waals surface area contributed by atoms with E-state index in [1.165, 1.54) is 4.90 Å². The van der Waals surface area contributed by atoms with Gasteiger partial charge in [0.1, 0.15) is 0 Å². The molecule has 0 saturated carbocycles. The summed E-state index contributed by atoms with van der Waals surface area (Å²) in [5.41, 5.74) is 3.22. The van der Waals surface area contributed by atoms with Gasteiger partial charge in [-0.1, -0.05) is 28.1 Å². The fourth-order valence-electron chi connectivity index (χ4n) is 4.60. The molecule has 3 aromatic rings. The van der Waals surface area contributed by atoms with Gasteiger partial charge in [0, 0.05) is 15.6 Å². The average molecular weight is 538 g/mol. The summed E-state index contributed by atoms with van der Waals surface area (Å²) in [6, 6.07) is 14.5. The predicted octanol–water partition coefficient (Wildman–Crippen LogP) is 5.40. The summed E-state index contributed by atoms with van der Waals surface area (Å²) in [5, 5.41) is 11.7. The van der Waals surface area contributed by atoms with Crippen molar-refractivity contribution in [2.45, 2.75) is 39.3 Å². The lowest BCUT2D eigenvalue weighted by Gasteiger charge is -2.23. The number of benzene rings is 3. The number of aliphatic hydroxyl groups is 1. The highest BCUT2D eigenvalue weighted by Gasteiger charge is 2.51. The molecule has 0 fully saturated rings. The third kappa shape index (κ3) is 4.46. The van der Waals surface area contributed by atoms with Gasteiger partial charge in [0.15, 0.2) is 22.9 Å². The number of carbonyl (C=O) groups excluding carboxylic acids is 2. The minimum atomic E-state index is -1.97. The Kier molecular flexibility index (Phi) is 6.75. The van der Waals surface area contributed by atoms with Crippen LogP contribution in [0, 0.1) is 20.8 Å². The van der Waals surface area contributed by atoms with Crippen LogP contribution in [0.3, 0.4) is 0 Å². The van der Waals surface area contributed by atoms with Gasteiger partial charge in [0.05, 0.1) is 32.9 Å². The SMILES string of the molecule is COc1ccc(CN2C(=O)C(O)(CC(=O)c3cc(C)c(C)cc3C)c3cc(Br)ccc32)cc1OC. The maximum atomic E-state index is 13.7. The van der Waals surface area contributed by atoms with E-state index >= 15 is 0 Å². The first-order valence-corrected chi connectivity index (χ1v) is 12.0. The zero-order chi connectivity index (χ0) is 25.5. The summed E-state index contributed by atoms with van der Waals surface area (Å²) in [5.74, 6) is 0.318. The standard InChI is InChI=1S/C28H28BrNO5/c1-16-10-18(3)21(11-17(16)2)24(31)14-28(33)22-13-20(29)7-8-23(22)30(27(28)32)15-19-6-9-25(34-4)26(12-19)35-5/h6-13,33H,14-15H2,1-5H3. The van der Waals surface area contributed by atoms with E-state index in [0.29, 0.717) is 32.8 Å². The summed E-state index contributed by atoms with van der Waals surface area (Å²) in [6.07, 6.45) is -0.346. The molecule has 1 N–H and O–H groups in total. The molecule has 0 radical (unpaired) electrons. The molecule has 1 atom stereocenters. The fourth-order valence-corrected chi connectivity index (χ4v) is 4.96. The van der Waals surface area contributed by atoms with Crippen molar-refractivity contribution in [2.75, 3.05) is 19.1 Å². The lowest BCUT2D eigenvalue weighted by molar-refractivity contribution is -0.136. The number of halogens is 1. The first kappa shape index (κ1) is 24.9. The Morgan fingerprint density at radius 2 is 1.63 bits per heavy atom. The molecule has 7 heteroatoms. The van der Waals surface area contributed by atoms with Crippen molar-refractivity contribution in [3.05, 3.63) is 86.4 Å². The summed E-state index contributed by atoms with van der Waals surface area (Å²) >= 11 is 3.44. The molecular weight excluding hydrogens is 510 g/mol. The Labute approximate surface area is 213 Å². The molecule has 4 rings (SSSR count). The maximum Gasteiger partial charge on any atom is 0.264 e. The molecule has 35 heavy (non-hydrogen) atoms. The Bertz CT molecular complexity index is 1340. The Morgan fingerprint density at radius 1 is 0.943 bits per heavy atom. The van der Waals surface area contributed by atoms with E-state index in [2.05, 4.69) is 15.9 Å². The second-order valence-electron chi connectivity index (χ2n) is 8.95. The third-order valence-corrected chi connectivity index (χ3v) is 7.13. The zero-order valence-electron chi connectivity index (χ0n) is 20.4. The molecule has 0 spiro atoms. The molecule has 1 aliphatic rings. The molecule has 0 aliphatic carbocycles. The van der Waals surface area contributed by atoms with Crippen LogP contribution in [0.15, 0.2) is 53.0 Å². The van der Waals surface area contributed by atoms with Crippen molar-refractivity contribution in [1.82, 2.24) is 0 Å². The number of rotatable bonds is 7. The number of fused-ring (bicyclic) bond motifs is 1. The number of methoxy groups -OCH3 is 2. The average Bonchev–Trinajstić information content (AvgIpc) is 3.02. The van der Waals surface area contributed by atoms with Gasteiger partial charge in [0.2, 0.25) is 0 Å². The largest absolute Gasteiger partial charge is 0.493 e. The van der Waals surface area contributed by atoms with Crippen molar-refractivity contribution < 1.29 is 24.2 Å². The first-order valence-electron chi connectivity index (χ1n) is 11.3. The number of carbonyl (C=O) groups is 2. The number of aryl methyl sites for hydroxylation is 3. The van der Waals surface area contributed by atoms with Gasteiger partial charge in [0.25, 0.3) is 5.91 Å². The van der Waals surface area contributed by atoms with Crippen molar-refractivity contribution in [1.29, 1.82) is 0 Å². The molecule has 3 aromatic carbocycles. The lowest BCUT2D eigenvalue weighted by Crippen LogP contribution is -2.41. The number of anilines is 1. The van der Waals surface area contributed by atoms with Crippen LogP contribution in [-0.2, 0) is 16.9 Å². The number of amides is 1. The fraction of sp³-hybridized carbons (Fsp3) is 0.286. The Morgan fingerprint density at radius 3 is 2.31 bits per heavy atom. The van der Waals surface area contributed by atoms with Crippen LogP contribution in [-0.4, -0.2) is 31.0 Å². The summed E-state index contributed by atoms with van der Waals surface area (Å²) in [7, 11) is 3.11. The first-order chi connectivity index (χ1) is 16.6. The van der Waals surface area contributed by atoms with E-state index in [-0.39, 0.29) is 18.7 Å². The molecule has 0 bridgehead atoms. The number of hydrogen-bond donors (Lipinski definition) is 1. The highest BCUT2D eigenvalue weighted by molar-refractivity contribution is 9.10. The highest BCUT2D eigenvalue weighted by Crippen LogP contribution is 2.45. The van der Waals surface area contributed by atoms with Crippen molar-refractivity contribution in [3.63, 3.8) is 0 Å². The highest BCUT2D eigenvalue weighted by atomic mass is 79.9. The smallest absolute Gasteiger partial charge is 0.264 e. The van der Waals surface area contributed by atoms with Gasteiger partial charge in [-0.05, 0) is 79.4 Å². The van der Waals surface area contributed by atoms with Crippen molar-refractivity contribution in [2.24, 2.45) is 0 Å². The van der Waals surface area contributed by atoms with Crippen molar-refractivity contribution >= 4 is 33.3 Å². The molecule has 1 heterocycles. The number of Topliss-reactive ketones (excluding diaryl/α,β-unsaturated/α-hetero) is 1. The Hall–Kier alpha value is -3.16. The van der Waals surface area contributed by atoms with Gasteiger partial charge in [-0.25, -0.2) is 0 Å². The summed E-state index contributed by atoms with van der Waals surface area (Å²) in [4.78, 5) is 28.6. The van der Waals surface area contributed by atoms with E-state index in [1.54, 1.807) is 38.5 Å². The van der Waals surface area contributed by atoms with Gasteiger partial charge in [-0.3, -0.25) is 9.59 Å². The van der Waals surface area contributed by atoms with Crippen LogP contribution >= 0.6 is 15.9 Å². The lowest BCUT2D eigenvalue weighted by atomic mass is 9.86. The van der Waals surface area contributed by atoms with E-state index in [9.17, 15) is 14.7 Å². The molecule has 1 amide bonds. The second-order valence-corrected chi connectivity index (χ2v) is 9.87. The predicted molar refractivity (Wildman–Crippen MR) is 138 cm³/mol. The van der Waals surface area contributed by atoms with Crippen LogP contribution in [0.5, 0.6) is 11.5 Å². The molecule has 1 unspecified atom stereocenters. The molecule has 1 aliphatic heterocycles. The van der Waals surface area contributed by atoms with Gasteiger partial charge < -0.3 is 19.5 Å². The van der Waals surface area contributed by atoms with Crippen LogP contribution in [0.25, 0.3) is 0 Å². The van der Waals surface area contributed by atoms with Crippen LogP contribution < -0.4 is 14.4 Å². The third-order valence-electron chi connectivity index (χ3n) is 6.64. The van der Waals surface area contributed by atoms with Gasteiger partial charge in [-0.2, -0.15) is 0 Å². The zero-order valence-corrected chi connectivity index (χ0v) is 22.0. The molecule has 182 valence electrons. The van der Waals surface area contributed by atoms with E-state index in [0.717, 1.165) is 22.3 Å². The molecular formula is C28H28BrNO5. The summed E-state index contributed by atoms with van der Waals surface area (Å²) < 4.78 is 11.4. The molecule has 0 aromatic heterocycles. The van der Waals surface area contributed by atoms with E-state index in [1.807, 2.05) is 45.0 Å². The minimum absolute atomic E-state index is 0.201. The maximum absolute atomic E-state index is 13.7. The molecule has 0 saturated heterocycles. The van der Waals surface area contributed by atoms with Crippen molar-refractivity contribution in [3.8, 4) is 11.5 Å². The Balaban J connectivity index is 1.72. The number of nitrogens with zero attached hydrogens (tertiary/aromatic N) is 1. The van der Waals surface area contributed by atoms with Crippen LogP contribution in [0.1, 0.15) is 44.6 Å². The minimum Gasteiger partial charge on any atom is -0.493 e. The van der Waals surface area contributed by atoms with Crippen LogP contribution in [0.4, 0.5) is 5.69 Å². The van der Waals surface area contributed by atoms with Gasteiger partial charge in [-0.15, -0.1) is 0 Å². The van der Waals surface area contributed by atoms with E-state index in [4.69, 9.17) is 9.47 Å². The number of ketones is 1. The topological polar surface area (TPSA) is 76.1 Å². The number of hydrogen-bond acceptors (Lipinski definition) is 5. The summed E-state index contributed by atoms with van der Waals surface area (Å²) in [6.45, 7) is 6.00. The van der Waals surface area contributed by atoms with Crippen LogP contribution in [0.2, 0.25) is 0 Å². The molecule has 6 nitrogen and oxygen atoms in total. The van der Waals surface area contributed by atoms with E-state index < -0.39 is 11.5 Å². The normalized spacial score (nSPS) is 16.9. The van der Waals surface area contributed by atoms with Gasteiger partial charge >= 0.3 is 0 Å². The monoisotopic (exact) mass is 537 g/mol.